The van der Waals surface area contributed by atoms with Crippen LogP contribution in [-0.4, -0.2) is 101 Å². The van der Waals surface area contributed by atoms with Crippen LogP contribution >= 0.6 is 0 Å². The molecule has 0 aliphatic heterocycles. The smallest absolute Gasteiger partial charge is 0.323 e. The molecule has 0 radical (unpaired) electrons. The highest BCUT2D eigenvalue weighted by atomic mass is 16.5. The van der Waals surface area contributed by atoms with Crippen molar-refractivity contribution in [3.8, 4) is 0 Å². The third-order valence-electron chi connectivity index (χ3n) is 4.75. The third kappa shape index (κ3) is 9.31. The summed E-state index contributed by atoms with van der Waals surface area (Å²) < 4.78 is 19.1. The van der Waals surface area contributed by atoms with E-state index >= 15 is 0 Å². The van der Waals surface area contributed by atoms with E-state index in [1.165, 1.54) is 33.3 Å². The normalized spacial score (nSPS) is 11.7. The van der Waals surface area contributed by atoms with E-state index in [2.05, 4.69) is 9.47 Å². The molecular formula is C21H31N3O8. The minimum absolute atomic E-state index is 0.151. The molecular weight excluding hydrogens is 422 g/mol. The number of methoxy groups -OCH3 is 4. The lowest BCUT2D eigenvalue weighted by molar-refractivity contribution is -0.152. The zero-order chi connectivity index (χ0) is 24.1. The molecule has 11 heteroatoms. The monoisotopic (exact) mass is 453 g/mol. The number of carbonyl (C=O) groups is 4. The molecule has 1 aromatic rings. The van der Waals surface area contributed by atoms with E-state index < -0.39 is 29.9 Å². The summed E-state index contributed by atoms with van der Waals surface area (Å²) in [6.07, 6.45) is 0.248. The number of esters is 4. The molecule has 0 heterocycles. The Morgan fingerprint density at radius 3 is 1.75 bits per heavy atom. The molecule has 0 spiro atoms. The maximum Gasteiger partial charge on any atom is 0.323 e. The number of anilines is 1. The van der Waals surface area contributed by atoms with Gasteiger partial charge in [0.05, 0.1) is 48.1 Å². The average molecular weight is 453 g/mol. The minimum Gasteiger partial charge on any atom is -0.468 e. The lowest BCUT2D eigenvalue weighted by atomic mass is 10.0. The first kappa shape index (κ1) is 26.9. The van der Waals surface area contributed by atoms with Crippen LogP contribution in [0.1, 0.15) is 5.56 Å². The Bertz CT molecular complexity index is 751. The van der Waals surface area contributed by atoms with Gasteiger partial charge < -0.3 is 24.7 Å². The average Bonchev–Trinajstić information content (AvgIpc) is 2.80. The number of hydrogen-bond donors (Lipinski definition) is 1. The number of carbonyl (C=O) groups excluding carboxylic acids is 4. The van der Waals surface area contributed by atoms with Gasteiger partial charge in [0.15, 0.2) is 0 Å². The fraction of sp³-hybridized carbons (Fsp3) is 0.524. The Balaban J connectivity index is 3.09. The Hall–Kier alpha value is -3.18. The first-order chi connectivity index (χ1) is 15.2. The zero-order valence-electron chi connectivity index (χ0n) is 18.9. The molecule has 1 atom stereocenters. The number of nitrogen functional groups attached to an aromatic ring is 1. The summed E-state index contributed by atoms with van der Waals surface area (Å²) in [4.78, 5) is 51.2. The summed E-state index contributed by atoms with van der Waals surface area (Å²) >= 11 is 0. The molecule has 0 saturated heterocycles. The zero-order valence-corrected chi connectivity index (χ0v) is 18.9. The quantitative estimate of drug-likeness (QED) is 0.234. The number of nitrogens with zero attached hydrogens (tertiary/aromatic N) is 2. The van der Waals surface area contributed by atoms with Gasteiger partial charge in [0.25, 0.3) is 0 Å². The molecule has 1 unspecified atom stereocenters. The highest BCUT2D eigenvalue weighted by molar-refractivity contribution is 5.78. The summed E-state index contributed by atoms with van der Waals surface area (Å²) in [5.41, 5.74) is 7.12. The van der Waals surface area contributed by atoms with E-state index in [0.29, 0.717) is 5.69 Å². The fourth-order valence-corrected chi connectivity index (χ4v) is 2.93. The van der Waals surface area contributed by atoms with Gasteiger partial charge >= 0.3 is 23.9 Å². The molecule has 178 valence electrons. The van der Waals surface area contributed by atoms with Gasteiger partial charge in [0, 0.05) is 18.8 Å². The van der Waals surface area contributed by atoms with Crippen LogP contribution in [-0.2, 0) is 44.5 Å². The van der Waals surface area contributed by atoms with Crippen LogP contribution in [0.4, 0.5) is 5.69 Å². The van der Waals surface area contributed by atoms with Gasteiger partial charge in [-0.1, -0.05) is 12.1 Å². The second kappa shape index (κ2) is 14.0. The van der Waals surface area contributed by atoms with Gasteiger partial charge in [-0.15, -0.1) is 0 Å². The summed E-state index contributed by atoms with van der Waals surface area (Å²) in [5, 5.41) is 0. The van der Waals surface area contributed by atoms with Gasteiger partial charge in [0.1, 0.15) is 6.04 Å². The van der Waals surface area contributed by atoms with Crippen molar-refractivity contribution in [2.75, 3.05) is 66.9 Å². The predicted molar refractivity (Wildman–Crippen MR) is 114 cm³/mol. The van der Waals surface area contributed by atoms with E-state index in [1.54, 1.807) is 29.2 Å². The topological polar surface area (TPSA) is 138 Å². The van der Waals surface area contributed by atoms with Crippen LogP contribution in [0.5, 0.6) is 0 Å². The molecule has 32 heavy (non-hydrogen) atoms. The van der Waals surface area contributed by atoms with Gasteiger partial charge in [-0.05, 0) is 24.1 Å². The van der Waals surface area contributed by atoms with Crippen molar-refractivity contribution in [1.29, 1.82) is 0 Å². The number of nitrogens with two attached hydrogens (primary N) is 1. The van der Waals surface area contributed by atoms with E-state index in [0.717, 1.165) is 5.56 Å². The SMILES string of the molecule is COC(=O)CN(CCN(CC(=O)OC)C(Cc1ccc(N)cc1)C(=O)OC)CC(=O)OC. The van der Waals surface area contributed by atoms with Crippen LogP contribution in [0.3, 0.4) is 0 Å². The molecule has 1 rings (SSSR count). The molecule has 0 aliphatic rings. The number of ether oxygens (including phenoxy) is 4. The molecule has 2 N–H and O–H groups in total. The number of benzene rings is 1. The van der Waals surface area contributed by atoms with E-state index in [-0.39, 0.29) is 39.1 Å². The fourth-order valence-electron chi connectivity index (χ4n) is 2.93. The Labute approximate surface area is 187 Å². The molecule has 0 bridgehead atoms. The number of hydrogen-bond acceptors (Lipinski definition) is 11. The van der Waals surface area contributed by atoms with Crippen molar-refractivity contribution < 1.29 is 38.1 Å². The van der Waals surface area contributed by atoms with Gasteiger partial charge in [0.2, 0.25) is 0 Å². The van der Waals surface area contributed by atoms with Crippen molar-refractivity contribution in [3.05, 3.63) is 29.8 Å². The second-order valence-corrected chi connectivity index (χ2v) is 6.89. The van der Waals surface area contributed by atoms with Crippen LogP contribution in [0.25, 0.3) is 0 Å². The van der Waals surface area contributed by atoms with E-state index in [4.69, 9.17) is 15.2 Å². The van der Waals surface area contributed by atoms with Gasteiger partial charge in [-0.25, -0.2) is 0 Å². The third-order valence-corrected chi connectivity index (χ3v) is 4.75. The van der Waals surface area contributed by atoms with Gasteiger partial charge in [-0.3, -0.25) is 29.0 Å². The molecule has 1 aromatic carbocycles. The van der Waals surface area contributed by atoms with Crippen LogP contribution < -0.4 is 5.73 Å². The Morgan fingerprint density at radius 2 is 1.28 bits per heavy atom. The standard InChI is InChI=1S/C21H31N3O8/c1-29-18(25)12-23(13-19(26)30-2)9-10-24(14-20(27)31-3)17(21(28)32-4)11-15-5-7-16(22)8-6-15/h5-8,17H,9-14,22H2,1-4H3. The second-order valence-electron chi connectivity index (χ2n) is 6.89. The summed E-state index contributed by atoms with van der Waals surface area (Å²) in [6.45, 7) is -0.221. The molecule has 0 saturated carbocycles. The molecule has 0 amide bonds. The largest absolute Gasteiger partial charge is 0.468 e. The van der Waals surface area contributed by atoms with Crippen molar-refractivity contribution in [3.63, 3.8) is 0 Å². The Morgan fingerprint density at radius 1 is 0.781 bits per heavy atom. The predicted octanol–water partition coefficient (Wildman–Crippen LogP) is -0.524. The van der Waals surface area contributed by atoms with E-state index in [9.17, 15) is 19.2 Å². The summed E-state index contributed by atoms with van der Waals surface area (Å²) in [5.74, 6) is -2.18. The van der Waals surface area contributed by atoms with Crippen LogP contribution in [0, 0.1) is 0 Å². The van der Waals surface area contributed by atoms with Crippen molar-refractivity contribution in [2.24, 2.45) is 0 Å². The van der Waals surface area contributed by atoms with Crippen molar-refractivity contribution in [2.45, 2.75) is 12.5 Å². The molecule has 0 aliphatic carbocycles. The maximum absolute atomic E-state index is 12.6. The van der Waals surface area contributed by atoms with Crippen molar-refractivity contribution in [1.82, 2.24) is 9.80 Å². The first-order valence-corrected chi connectivity index (χ1v) is 9.83. The van der Waals surface area contributed by atoms with Gasteiger partial charge in [-0.2, -0.15) is 0 Å². The number of rotatable bonds is 13. The van der Waals surface area contributed by atoms with Crippen molar-refractivity contribution >= 4 is 29.6 Å². The molecule has 0 fully saturated rings. The lowest BCUT2D eigenvalue weighted by Gasteiger charge is -2.31. The summed E-state index contributed by atoms with van der Waals surface area (Å²) in [7, 11) is 4.98. The van der Waals surface area contributed by atoms with E-state index in [1.807, 2.05) is 0 Å². The van der Waals surface area contributed by atoms with Crippen LogP contribution in [0.15, 0.2) is 24.3 Å². The van der Waals surface area contributed by atoms with Crippen LogP contribution in [0.2, 0.25) is 0 Å². The highest BCUT2D eigenvalue weighted by Crippen LogP contribution is 2.14. The maximum atomic E-state index is 12.6. The molecule has 11 nitrogen and oxygen atoms in total. The summed E-state index contributed by atoms with van der Waals surface area (Å²) in [6, 6.07) is 6.16. The lowest BCUT2D eigenvalue weighted by Crippen LogP contribution is -2.50. The highest BCUT2D eigenvalue weighted by Gasteiger charge is 2.30. The molecule has 0 aromatic heterocycles. The first-order valence-electron chi connectivity index (χ1n) is 9.83. The Kier molecular flexibility index (Phi) is 11.7. The minimum atomic E-state index is -0.819.